The number of hydrogen-bond donors (Lipinski definition) is 1. The van der Waals surface area contributed by atoms with Gasteiger partial charge in [0.2, 0.25) is 0 Å². The number of aryl methyl sites for hydroxylation is 2. The van der Waals surface area contributed by atoms with Crippen LogP contribution >= 0.6 is 0 Å². The number of hydrogen-bond acceptors (Lipinski definition) is 5. The molecule has 0 spiro atoms. The first kappa shape index (κ1) is 20.0. The fourth-order valence-corrected chi connectivity index (χ4v) is 4.89. The molecule has 2 fully saturated rings. The maximum absolute atomic E-state index is 12.7. The van der Waals surface area contributed by atoms with Gasteiger partial charge in [0, 0.05) is 36.0 Å². The second-order valence-electron chi connectivity index (χ2n) is 8.43. The van der Waals surface area contributed by atoms with Crippen LogP contribution < -0.4 is 10.4 Å². The SMILES string of the molecule is CCc1cc(=O)oc2c(C)c(OCC(=O)N3CC[C@@]4(O)CCCC[C@@H]4C3)ccc12. The first-order chi connectivity index (χ1) is 13.9. The summed E-state index contributed by atoms with van der Waals surface area (Å²) in [5, 5.41) is 11.7. The van der Waals surface area contributed by atoms with Crippen LogP contribution in [0.25, 0.3) is 11.0 Å². The third kappa shape index (κ3) is 3.78. The lowest BCUT2D eigenvalue weighted by atomic mass is 9.71. The molecule has 0 bridgehead atoms. The van der Waals surface area contributed by atoms with Crippen LogP contribution in [0, 0.1) is 12.8 Å². The van der Waals surface area contributed by atoms with Gasteiger partial charge < -0.3 is 19.2 Å². The first-order valence-electron chi connectivity index (χ1n) is 10.6. The van der Waals surface area contributed by atoms with Crippen molar-refractivity contribution in [1.29, 1.82) is 0 Å². The molecule has 6 nitrogen and oxygen atoms in total. The van der Waals surface area contributed by atoms with Crippen LogP contribution in [0.1, 0.15) is 50.2 Å². The second kappa shape index (κ2) is 7.82. The third-order valence-corrected chi connectivity index (χ3v) is 6.71. The Morgan fingerprint density at radius 2 is 2.17 bits per heavy atom. The van der Waals surface area contributed by atoms with Crippen molar-refractivity contribution in [3.63, 3.8) is 0 Å². The Labute approximate surface area is 170 Å². The molecule has 1 saturated carbocycles. The molecule has 1 amide bonds. The normalized spacial score (nSPS) is 24.4. The first-order valence-corrected chi connectivity index (χ1v) is 10.6. The monoisotopic (exact) mass is 399 g/mol. The van der Waals surface area contributed by atoms with E-state index in [4.69, 9.17) is 9.15 Å². The fraction of sp³-hybridized carbons (Fsp3) is 0.565. The smallest absolute Gasteiger partial charge is 0.336 e. The van der Waals surface area contributed by atoms with Gasteiger partial charge >= 0.3 is 5.63 Å². The van der Waals surface area contributed by atoms with Crippen molar-refractivity contribution in [2.45, 2.75) is 58.0 Å². The highest BCUT2D eigenvalue weighted by Gasteiger charge is 2.43. The molecule has 2 heterocycles. The number of aliphatic hydroxyl groups is 1. The maximum atomic E-state index is 12.7. The number of rotatable bonds is 4. The zero-order valence-corrected chi connectivity index (χ0v) is 17.2. The molecule has 4 rings (SSSR count). The van der Waals surface area contributed by atoms with Crippen molar-refractivity contribution in [2.24, 2.45) is 5.92 Å². The molecule has 1 aromatic carbocycles. The van der Waals surface area contributed by atoms with Crippen molar-refractivity contribution >= 4 is 16.9 Å². The Bertz CT molecular complexity index is 981. The topological polar surface area (TPSA) is 80.0 Å². The Morgan fingerprint density at radius 1 is 1.34 bits per heavy atom. The molecular weight excluding hydrogens is 370 g/mol. The zero-order valence-electron chi connectivity index (χ0n) is 17.2. The highest BCUT2D eigenvalue weighted by atomic mass is 16.5. The van der Waals surface area contributed by atoms with Gasteiger partial charge in [0.25, 0.3) is 5.91 Å². The van der Waals surface area contributed by atoms with Crippen LogP contribution in [-0.4, -0.2) is 41.2 Å². The van der Waals surface area contributed by atoms with Crippen LogP contribution in [0.5, 0.6) is 5.75 Å². The Kier molecular flexibility index (Phi) is 5.38. The van der Waals surface area contributed by atoms with Crippen LogP contribution in [-0.2, 0) is 11.2 Å². The summed E-state index contributed by atoms with van der Waals surface area (Å²) in [6.45, 7) is 4.95. The molecule has 29 heavy (non-hydrogen) atoms. The van der Waals surface area contributed by atoms with E-state index in [1.165, 1.54) is 6.07 Å². The summed E-state index contributed by atoms with van der Waals surface area (Å²) in [5.74, 6) is 0.646. The van der Waals surface area contributed by atoms with Gasteiger partial charge in [-0.15, -0.1) is 0 Å². The summed E-state index contributed by atoms with van der Waals surface area (Å²) in [4.78, 5) is 26.4. The minimum Gasteiger partial charge on any atom is -0.483 e. The van der Waals surface area contributed by atoms with Gasteiger partial charge in [0.1, 0.15) is 11.3 Å². The average Bonchev–Trinajstić information content (AvgIpc) is 2.72. The summed E-state index contributed by atoms with van der Waals surface area (Å²) in [7, 11) is 0. The van der Waals surface area contributed by atoms with Crippen LogP contribution in [0.15, 0.2) is 27.4 Å². The lowest BCUT2D eigenvalue weighted by Gasteiger charge is -2.47. The molecule has 1 aliphatic heterocycles. The van der Waals surface area contributed by atoms with Gasteiger partial charge in [-0.25, -0.2) is 4.79 Å². The van der Waals surface area contributed by atoms with E-state index in [9.17, 15) is 14.7 Å². The van der Waals surface area contributed by atoms with Crippen LogP contribution in [0.4, 0.5) is 0 Å². The predicted molar refractivity (Wildman–Crippen MR) is 110 cm³/mol. The second-order valence-corrected chi connectivity index (χ2v) is 8.43. The highest BCUT2D eigenvalue weighted by Crippen LogP contribution is 2.39. The fourth-order valence-electron chi connectivity index (χ4n) is 4.89. The number of benzene rings is 1. The number of ether oxygens (including phenoxy) is 1. The summed E-state index contributed by atoms with van der Waals surface area (Å²) in [6, 6.07) is 5.24. The highest BCUT2D eigenvalue weighted by molar-refractivity contribution is 5.85. The lowest BCUT2D eigenvalue weighted by Crippen LogP contribution is -2.55. The van der Waals surface area contributed by atoms with Gasteiger partial charge in [0.05, 0.1) is 5.60 Å². The number of fused-ring (bicyclic) bond motifs is 2. The summed E-state index contributed by atoms with van der Waals surface area (Å²) < 4.78 is 11.2. The quantitative estimate of drug-likeness (QED) is 0.799. The van der Waals surface area contributed by atoms with Gasteiger partial charge in [-0.3, -0.25) is 4.79 Å². The maximum Gasteiger partial charge on any atom is 0.336 e. The van der Waals surface area contributed by atoms with Crippen LogP contribution in [0.3, 0.4) is 0 Å². The molecule has 6 heteroatoms. The number of amides is 1. The zero-order chi connectivity index (χ0) is 20.6. The summed E-state index contributed by atoms with van der Waals surface area (Å²) >= 11 is 0. The molecule has 156 valence electrons. The number of carbonyl (C=O) groups is 1. The minimum absolute atomic E-state index is 0.0603. The van der Waals surface area contributed by atoms with E-state index in [1.54, 1.807) is 0 Å². The lowest BCUT2D eigenvalue weighted by molar-refractivity contribution is -0.145. The van der Waals surface area contributed by atoms with Crippen molar-refractivity contribution in [3.05, 3.63) is 39.7 Å². The predicted octanol–water partition coefficient (Wildman–Crippen LogP) is 3.20. The molecule has 1 N–H and O–H groups in total. The third-order valence-electron chi connectivity index (χ3n) is 6.71. The number of piperidine rings is 1. The van der Waals surface area contributed by atoms with E-state index in [0.29, 0.717) is 30.8 Å². The molecule has 2 aromatic rings. The van der Waals surface area contributed by atoms with E-state index in [1.807, 2.05) is 30.9 Å². The Hall–Kier alpha value is -2.34. The molecule has 1 saturated heterocycles. The Morgan fingerprint density at radius 3 is 2.97 bits per heavy atom. The molecule has 1 aliphatic carbocycles. The van der Waals surface area contributed by atoms with Gasteiger partial charge in [-0.1, -0.05) is 19.8 Å². The molecule has 2 atom stereocenters. The van der Waals surface area contributed by atoms with Crippen molar-refractivity contribution in [3.8, 4) is 5.75 Å². The van der Waals surface area contributed by atoms with Gasteiger partial charge in [-0.05, 0) is 50.3 Å². The van der Waals surface area contributed by atoms with Gasteiger partial charge in [-0.2, -0.15) is 0 Å². The van der Waals surface area contributed by atoms with Crippen molar-refractivity contribution in [1.82, 2.24) is 4.90 Å². The average molecular weight is 399 g/mol. The van der Waals surface area contributed by atoms with E-state index in [2.05, 4.69) is 0 Å². The van der Waals surface area contributed by atoms with E-state index >= 15 is 0 Å². The molecule has 0 radical (unpaired) electrons. The number of carbonyl (C=O) groups excluding carboxylic acids is 1. The molecular formula is C23H29NO5. The van der Waals surface area contributed by atoms with Gasteiger partial charge in [0.15, 0.2) is 6.61 Å². The number of nitrogens with zero attached hydrogens (tertiary/aromatic N) is 1. The standard InChI is InChI=1S/C23H29NO5/c1-3-16-12-21(26)29-22-15(2)19(8-7-18(16)22)28-14-20(25)24-11-10-23(27)9-5-4-6-17(23)13-24/h7-8,12,17,27H,3-6,9-11,13-14H2,1-2H3/t17-,23+/m1/s1. The number of likely N-dealkylation sites (tertiary alicyclic amines) is 1. The largest absolute Gasteiger partial charge is 0.483 e. The van der Waals surface area contributed by atoms with E-state index in [-0.39, 0.29) is 24.1 Å². The summed E-state index contributed by atoms with van der Waals surface area (Å²) in [5.41, 5.74) is 1.21. The molecule has 2 aliphatic rings. The molecule has 0 unspecified atom stereocenters. The van der Waals surface area contributed by atoms with E-state index < -0.39 is 5.60 Å². The Balaban J connectivity index is 1.46. The van der Waals surface area contributed by atoms with Crippen LogP contribution in [0.2, 0.25) is 0 Å². The van der Waals surface area contributed by atoms with Crippen molar-refractivity contribution in [2.75, 3.05) is 19.7 Å². The minimum atomic E-state index is -0.598. The van der Waals surface area contributed by atoms with E-state index in [0.717, 1.165) is 48.6 Å². The molecule has 1 aromatic heterocycles. The van der Waals surface area contributed by atoms with Crippen molar-refractivity contribution < 1.29 is 19.1 Å². The summed E-state index contributed by atoms with van der Waals surface area (Å²) in [6.07, 6.45) is 5.39.